The summed E-state index contributed by atoms with van der Waals surface area (Å²) in [5.74, 6) is 1.35. The summed E-state index contributed by atoms with van der Waals surface area (Å²) < 4.78 is 1.86. The molecule has 0 unspecified atom stereocenters. The summed E-state index contributed by atoms with van der Waals surface area (Å²) in [6.07, 6.45) is 5.63. The Hall–Kier alpha value is -1.42. The number of fused-ring (bicyclic) bond motifs is 1. The largest absolute Gasteiger partial charge is 0.393 e. The molecule has 0 spiro atoms. The third-order valence-corrected chi connectivity index (χ3v) is 3.56. The molecule has 3 rings (SSSR count). The van der Waals surface area contributed by atoms with Gasteiger partial charge in [0.05, 0.1) is 6.10 Å². The Balaban J connectivity index is 1.90. The minimum absolute atomic E-state index is 0.120. The number of aliphatic hydroxyl groups is 1. The molecule has 1 aliphatic rings. The third-order valence-electron chi connectivity index (χ3n) is 3.56. The van der Waals surface area contributed by atoms with Gasteiger partial charge in [-0.05, 0) is 44.2 Å². The summed E-state index contributed by atoms with van der Waals surface area (Å²) in [4.78, 5) is 4.57. The van der Waals surface area contributed by atoms with Crippen molar-refractivity contribution in [1.82, 2.24) is 14.6 Å². The molecular weight excluding hydrogens is 214 g/mol. The van der Waals surface area contributed by atoms with Gasteiger partial charge in [0, 0.05) is 12.1 Å². The number of rotatable bonds is 1. The average molecular weight is 231 g/mol. The molecule has 90 valence electrons. The fourth-order valence-corrected chi connectivity index (χ4v) is 2.51. The predicted molar refractivity (Wildman–Crippen MR) is 64.9 cm³/mol. The van der Waals surface area contributed by atoms with Gasteiger partial charge >= 0.3 is 0 Å². The molecule has 0 atom stereocenters. The smallest absolute Gasteiger partial charge is 0.155 e. The van der Waals surface area contributed by atoms with E-state index in [9.17, 15) is 5.11 Å². The van der Waals surface area contributed by atoms with E-state index in [2.05, 4.69) is 23.1 Å². The molecule has 2 heterocycles. The van der Waals surface area contributed by atoms with Crippen molar-refractivity contribution in [2.24, 2.45) is 0 Å². The lowest BCUT2D eigenvalue weighted by molar-refractivity contribution is 0.121. The number of hydrogen-bond donors (Lipinski definition) is 1. The van der Waals surface area contributed by atoms with Gasteiger partial charge in [-0.3, -0.25) is 0 Å². The van der Waals surface area contributed by atoms with Gasteiger partial charge in [0.15, 0.2) is 11.5 Å². The Morgan fingerprint density at radius 1 is 1.24 bits per heavy atom. The van der Waals surface area contributed by atoms with Crippen LogP contribution in [0.25, 0.3) is 5.65 Å². The number of hydrogen-bond acceptors (Lipinski definition) is 3. The lowest BCUT2D eigenvalue weighted by Gasteiger charge is -2.22. The van der Waals surface area contributed by atoms with Gasteiger partial charge in [-0.25, -0.2) is 9.50 Å². The first-order valence-corrected chi connectivity index (χ1v) is 6.23. The van der Waals surface area contributed by atoms with Crippen LogP contribution in [-0.4, -0.2) is 25.8 Å². The second kappa shape index (κ2) is 4.11. The van der Waals surface area contributed by atoms with Gasteiger partial charge in [-0.2, -0.15) is 5.10 Å². The van der Waals surface area contributed by atoms with Crippen molar-refractivity contribution in [2.75, 3.05) is 0 Å². The maximum absolute atomic E-state index is 9.50. The molecule has 2 aromatic rings. The molecule has 17 heavy (non-hydrogen) atoms. The summed E-state index contributed by atoms with van der Waals surface area (Å²) in [5.41, 5.74) is 2.10. The third kappa shape index (κ3) is 2.05. The Morgan fingerprint density at radius 2 is 2.00 bits per heavy atom. The van der Waals surface area contributed by atoms with E-state index in [-0.39, 0.29) is 6.10 Å². The van der Waals surface area contributed by atoms with Crippen molar-refractivity contribution < 1.29 is 5.11 Å². The molecule has 0 amide bonds. The van der Waals surface area contributed by atoms with E-state index >= 15 is 0 Å². The number of aromatic nitrogens is 3. The zero-order valence-corrected chi connectivity index (χ0v) is 10.0. The SMILES string of the molecule is Cc1ccc2nc(C3CCC(O)CC3)nn2c1. The second-order valence-corrected chi connectivity index (χ2v) is 4.98. The van der Waals surface area contributed by atoms with Crippen LogP contribution in [0.15, 0.2) is 18.3 Å². The highest BCUT2D eigenvalue weighted by molar-refractivity contribution is 5.38. The molecule has 1 fully saturated rings. The molecule has 1 saturated carbocycles. The highest BCUT2D eigenvalue weighted by atomic mass is 16.3. The van der Waals surface area contributed by atoms with Crippen molar-refractivity contribution in [1.29, 1.82) is 0 Å². The van der Waals surface area contributed by atoms with E-state index < -0.39 is 0 Å². The zero-order chi connectivity index (χ0) is 11.8. The Kier molecular flexibility index (Phi) is 2.59. The quantitative estimate of drug-likeness (QED) is 0.817. The van der Waals surface area contributed by atoms with E-state index in [1.165, 1.54) is 5.56 Å². The standard InChI is InChI=1S/C13H17N3O/c1-9-2-7-12-14-13(15-16(12)8-9)10-3-5-11(17)6-4-10/h2,7-8,10-11,17H,3-6H2,1H3. The van der Waals surface area contributed by atoms with Gasteiger partial charge in [0.1, 0.15) is 0 Å². The van der Waals surface area contributed by atoms with Crippen molar-refractivity contribution in [2.45, 2.75) is 44.6 Å². The van der Waals surface area contributed by atoms with Crippen LogP contribution in [0, 0.1) is 6.92 Å². The molecule has 0 saturated heterocycles. The molecular formula is C13H17N3O. The first-order valence-electron chi connectivity index (χ1n) is 6.23. The van der Waals surface area contributed by atoms with Crippen LogP contribution in [0.2, 0.25) is 0 Å². The van der Waals surface area contributed by atoms with Crippen LogP contribution < -0.4 is 0 Å². The van der Waals surface area contributed by atoms with Crippen LogP contribution in [-0.2, 0) is 0 Å². The van der Waals surface area contributed by atoms with Crippen molar-refractivity contribution in [3.8, 4) is 0 Å². The molecule has 1 aliphatic carbocycles. The van der Waals surface area contributed by atoms with E-state index in [1.807, 2.05) is 16.8 Å². The number of aliphatic hydroxyl groups excluding tert-OH is 1. The summed E-state index contributed by atoms with van der Waals surface area (Å²) in [7, 11) is 0. The number of pyridine rings is 1. The fraction of sp³-hybridized carbons (Fsp3) is 0.538. The van der Waals surface area contributed by atoms with Crippen LogP contribution in [0.1, 0.15) is 43.0 Å². The topological polar surface area (TPSA) is 50.4 Å². The molecule has 1 N–H and O–H groups in total. The van der Waals surface area contributed by atoms with Gasteiger partial charge in [0.2, 0.25) is 0 Å². The van der Waals surface area contributed by atoms with Gasteiger partial charge in [-0.15, -0.1) is 0 Å². The molecule has 0 aliphatic heterocycles. The van der Waals surface area contributed by atoms with Crippen molar-refractivity contribution in [3.05, 3.63) is 29.7 Å². The highest BCUT2D eigenvalue weighted by Crippen LogP contribution is 2.31. The van der Waals surface area contributed by atoms with Gasteiger partial charge in [0.25, 0.3) is 0 Å². The van der Waals surface area contributed by atoms with Crippen LogP contribution in [0.5, 0.6) is 0 Å². The normalized spacial score (nSPS) is 25.3. The highest BCUT2D eigenvalue weighted by Gasteiger charge is 2.23. The second-order valence-electron chi connectivity index (χ2n) is 4.98. The lowest BCUT2D eigenvalue weighted by Crippen LogP contribution is -2.17. The summed E-state index contributed by atoms with van der Waals surface area (Å²) in [5, 5.41) is 14.1. The predicted octanol–water partition coefficient (Wildman–Crippen LogP) is 2.06. The average Bonchev–Trinajstić information content (AvgIpc) is 2.72. The van der Waals surface area contributed by atoms with E-state index in [4.69, 9.17) is 0 Å². The molecule has 2 aromatic heterocycles. The molecule has 0 radical (unpaired) electrons. The molecule has 0 aromatic carbocycles. The monoisotopic (exact) mass is 231 g/mol. The number of aryl methyl sites for hydroxylation is 1. The van der Waals surface area contributed by atoms with E-state index in [1.54, 1.807) is 0 Å². The minimum Gasteiger partial charge on any atom is -0.393 e. The van der Waals surface area contributed by atoms with E-state index in [0.717, 1.165) is 37.2 Å². The Morgan fingerprint density at radius 3 is 2.76 bits per heavy atom. The van der Waals surface area contributed by atoms with E-state index in [0.29, 0.717) is 5.92 Å². The maximum atomic E-state index is 9.50. The maximum Gasteiger partial charge on any atom is 0.155 e. The fourth-order valence-electron chi connectivity index (χ4n) is 2.51. The first-order chi connectivity index (χ1) is 8.22. The van der Waals surface area contributed by atoms with Gasteiger partial charge in [-0.1, -0.05) is 6.07 Å². The van der Waals surface area contributed by atoms with Crippen LogP contribution in [0.3, 0.4) is 0 Å². The zero-order valence-electron chi connectivity index (χ0n) is 10.0. The summed E-state index contributed by atoms with van der Waals surface area (Å²) in [6, 6.07) is 4.06. The number of nitrogens with zero attached hydrogens (tertiary/aromatic N) is 3. The minimum atomic E-state index is -0.120. The van der Waals surface area contributed by atoms with Gasteiger partial charge < -0.3 is 5.11 Å². The Labute approximate surface area is 100 Å². The van der Waals surface area contributed by atoms with Crippen molar-refractivity contribution >= 4 is 5.65 Å². The molecule has 0 bridgehead atoms. The molecule has 4 heteroatoms. The first kappa shape index (κ1) is 10.7. The van der Waals surface area contributed by atoms with Crippen LogP contribution in [0.4, 0.5) is 0 Å². The summed E-state index contributed by atoms with van der Waals surface area (Å²) in [6.45, 7) is 2.05. The van der Waals surface area contributed by atoms with Crippen molar-refractivity contribution in [3.63, 3.8) is 0 Å². The molecule has 4 nitrogen and oxygen atoms in total. The lowest BCUT2D eigenvalue weighted by atomic mass is 9.87. The Bertz CT molecular complexity index is 526. The summed E-state index contributed by atoms with van der Waals surface area (Å²) >= 11 is 0. The van der Waals surface area contributed by atoms with Crippen LogP contribution >= 0.6 is 0 Å².